The Morgan fingerprint density at radius 3 is 2.70 bits per heavy atom. The van der Waals surface area contributed by atoms with Crippen molar-refractivity contribution in [1.82, 2.24) is 0 Å². The summed E-state index contributed by atoms with van der Waals surface area (Å²) in [4.78, 5) is 10.6. The number of carbonyl (C=O) groups excluding carboxylic acids is 1. The fourth-order valence-corrected chi connectivity index (χ4v) is 0.413. The number of ketones is 1. The second-order valence-corrected chi connectivity index (χ2v) is 2.16. The summed E-state index contributed by atoms with van der Waals surface area (Å²) in [6.45, 7) is 5.73. The number of hydrogen-bond acceptors (Lipinski definition) is 2. The Bertz CT molecular complexity index is 127. The number of ether oxygens (including phenoxy) is 1. The molecule has 0 aliphatic carbocycles. The Labute approximate surface area is 61.9 Å². The van der Waals surface area contributed by atoms with Gasteiger partial charge >= 0.3 is 0 Å². The first-order chi connectivity index (χ1) is 4.68. The molecule has 58 valence electrons. The molecule has 0 aliphatic heterocycles. The van der Waals surface area contributed by atoms with Gasteiger partial charge in [0.25, 0.3) is 0 Å². The van der Waals surface area contributed by atoms with E-state index in [0.29, 0.717) is 6.61 Å². The number of carbonyl (C=O) groups is 1. The summed E-state index contributed by atoms with van der Waals surface area (Å²) in [5, 5.41) is 0. The quantitative estimate of drug-likeness (QED) is 0.557. The highest BCUT2D eigenvalue weighted by Crippen LogP contribution is 1.91. The van der Waals surface area contributed by atoms with Gasteiger partial charge in [-0.1, -0.05) is 12.2 Å². The number of allylic oxidation sites excluding steroid dienone is 1. The lowest BCUT2D eigenvalue weighted by molar-refractivity contribution is -0.126. The van der Waals surface area contributed by atoms with Crippen LogP contribution in [0, 0.1) is 0 Å². The zero-order valence-corrected chi connectivity index (χ0v) is 6.76. The zero-order chi connectivity index (χ0) is 7.98. The SMILES string of the molecule is CC=CCOC(C)C(C)=O. The molecule has 0 amide bonds. The summed E-state index contributed by atoms with van der Waals surface area (Å²) in [6, 6.07) is 0. The van der Waals surface area contributed by atoms with Gasteiger partial charge in [0.05, 0.1) is 6.61 Å². The van der Waals surface area contributed by atoms with E-state index in [1.54, 1.807) is 6.92 Å². The van der Waals surface area contributed by atoms with Crippen LogP contribution in [0.3, 0.4) is 0 Å². The normalized spacial score (nSPS) is 13.9. The molecule has 1 atom stereocenters. The van der Waals surface area contributed by atoms with E-state index in [9.17, 15) is 4.79 Å². The van der Waals surface area contributed by atoms with E-state index in [-0.39, 0.29) is 11.9 Å². The summed E-state index contributed by atoms with van der Waals surface area (Å²) in [7, 11) is 0. The molecule has 0 rings (SSSR count). The van der Waals surface area contributed by atoms with Crippen molar-refractivity contribution in [2.45, 2.75) is 26.9 Å². The maximum Gasteiger partial charge on any atom is 0.158 e. The first-order valence-corrected chi connectivity index (χ1v) is 3.41. The molecule has 0 aliphatic rings. The average molecular weight is 142 g/mol. The minimum absolute atomic E-state index is 0.0736. The van der Waals surface area contributed by atoms with E-state index >= 15 is 0 Å². The van der Waals surface area contributed by atoms with Crippen LogP contribution >= 0.6 is 0 Å². The Morgan fingerprint density at radius 2 is 2.30 bits per heavy atom. The molecular formula is C8H14O2. The van der Waals surface area contributed by atoms with Crippen LogP contribution in [-0.4, -0.2) is 18.5 Å². The van der Waals surface area contributed by atoms with Crippen molar-refractivity contribution < 1.29 is 9.53 Å². The van der Waals surface area contributed by atoms with Crippen molar-refractivity contribution in [2.75, 3.05) is 6.61 Å². The van der Waals surface area contributed by atoms with Gasteiger partial charge in [0.2, 0.25) is 0 Å². The molecule has 0 saturated carbocycles. The topological polar surface area (TPSA) is 26.3 Å². The molecule has 0 heterocycles. The fraction of sp³-hybridized carbons (Fsp3) is 0.625. The molecule has 0 fully saturated rings. The maximum absolute atomic E-state index is 10.6. The Morgan fingerprint density at radius 1 is 1.70 bits per heavy atom. The van der Waals surface area contributed by atoms with Gasteiger partial charge in [0, 0.05) is 0 Å². The third-order valence-electron chi connectivity index (χ3n) is 1.25. The highest BCUT2D eigenvalue weighted by molar-refractivity contribution is 5.79. The molecule has 1 unspecified atom stereocenters. The molecule has 0 saturated heterocycles. The number of rotatable bonds is 4. The lowest BCUT2D eigenvalue weighted by atomic mass is 10.3. The summed E-state index contributed by atoms with van der Waals surface area (Å²) >= 11 is 0. The summed E-state index contributed by atoms with van der Waals surface area (Å²) < 4.78 is 5.11. The van der Waals surface area contributed by atoms with Gasteiger partial charge in [0.1, 0.15) is 6.10 Å². The second-order valence-electron chi connectivity index (χ2n) is 2.16. The highest BCUT2D eigenvalue weighted by Gasteiger charge is 2.04. The molecule has 0 spiro atoms. The standard InChI is InChI=1S/C8H14O2/c1-4-5-6-10-8(3)7(2)9/h4-5,8H,6H2,1-3H3. The molecule has 0 aromatic rings. The van der Waals surface area contributed by atoms with Crippen molar-refractivity contribution in [1.29, 1.82) is 0 Å². The van der Waals surface area contributed by atoms with Gasteiger partial charge in [-0.15, -0.1) is 0 Å². The van der Waals surface area contributed by atoms with Crippen LogP contribution in [0.4, 0.5) is 0 Å². The fourth-order valence-electron chi connectivity index (χ4n) is 0.413. The Kier molecular flexibility index (Phi) is 4.85. The predicted octanol–water partition coefficient (Wildman–Crippen LogP) is 1.56. The third-order valence-corrected chi connectivity index (χ3v) is 1.25. The van der Waals surface area contributed by atoms with Gasteiger partial charge in [0.15, 0.2) is 5.78 Å². The predicted molar refractivity (Wildman–Crippen MR) is 40.9 cm³/mol. The average Bonchev–Trinajstić information content (AvgIpc) is 1.88. The summed E-state index contributed by atoms with van der Waals surface area (Å²) in [5.74, 6) is 0.0736. The van der Waals surface area contributed by atoms with Crippen LogP contribution in [0.1, 0.15) is 20.8 Å². The van der Waals surface area contributed by atoms with E-state index in [1.165, 1.54) is 6.92 Å². The lowest BCUT2D eigenvalue weighted by Crippen LogP contribution is -2.17. The van der Waals surface area contributed by atoms with E-state index in [2.05, 4.69) is 0 Å². The molecule has 0 aromatic carbocycles. The van der Waals surface area contributed by atoms with Crippen molar-refractivity contribution >= 4 is 5.78 Å². The van der Waals surface area contributed by atoms with E-state index < -0.39 is 0 Å². The van der Waals surface area contributed by atoms with Gasteiger partial charge < -0.3 is 4.74 Å². The molecule has 0 N–H and O–H groups in total. The van der Waals surface area contributed by atoms with E-state index in [4.69, 9.17) is 4.74 Å². The highest BCUT2D eigenvalue weighted by atomic mass is 16.5. The van der Waals surface area contributed by atoms with Crippen molar-refractivity contribution in [3.8, 4) is 0 Å². The molecule has 0 bridgehead atoms. The molecular weight excluding hydrogens is 128 g/mol. The molecule has 0 radical (unpaired) electrons. The monoisotopic (exact) mass is 142 g/mol. The van der Waals surface area contributed by atoms with Crippen molar-refractivity contribution in [3.05, 3.63) is 12.2 Å². The first-order valence-electron chi connectivity index (χ1n) is 3.41. The Balaban J connectivity index is 3.39. The molecule has 2 nitrogen and oxygen atoms in total. The molecule has 0 aromatic heterocycles. The summed E-state index contributed by atoms with van der Waals surface area (Å²) in [5.41, 5.74) is 0. The van der Waals surface area contributed by atoms with Crippen LogP contribution in [0.5, 0.6) is 0 Å². The van der Waals surface area contributed by atoms with Crippen LogP contribution in [-0.2, 0) is 9.53 Å². The summed E-state index contributed by atoms with van der Waals surface area (Å²) in [6.07, 6.45) is 3.50. The van der Waals surface area contributed by atoms with Crippen LogP contribution in [0.25, 0.3) is 0 Å². The minimum atomic E-state index is -0.267. The minimum Gasteiger partial charge on any atom is -0.367 e. The maximum atomic E-state index is 10.6. The van der Waals surface area contributed by atoms with Crippen molar-refractivity contribution in [2.24, 2.45) is 0 Å². The van der Waals surface area contributed by atoms with Gasteiger partial charge in [-0.25, -0.2) is 0 Å². The van der Waals surface area contributed by atoms with Crippen LogP contribution in [0.2, 0.25) is 0 Å². The van der Waals surface area contributed by atoms with Crippen LogP contribution in [0.15, 0.2) is 12.2 Å². The lowest BCUT2D eigenvalue weighted by Gasteiger charge is -2.05. The van der Waals surface area contributed by atoms with Crippen LogP contribution < -0.4 is 0 Å². The number of hydrogen-bond donors (Lipinski definition) is 0. The first kappa shape index (κ1) is 9.37. The third kappa shape index (κ3) is 4.27. The van der Waals surface area contributed by atoms with Gasteiger partial charge in [-0.2, -0.15) is 0 Å². The molecule has 2 heteroatoms. The second kappa shape index (κ2) is 5.18. The Hall–Kier alpha value is -0.630. The van der Waals surface area contributed by atoms with Gasteiger partial charge in [-0.3, -0.25) is 4.79 Å². The molecule has 10 heavy (non-hydrogen) atoms. The largest absolute Gasteiger partial charge is 0.367 e. The number of Topliss-reactive ketones (excluding diaryl/α,β-unsaturated/α-hetero) is 1. The smallest absolute Gasteiger partial charge is 0.158 e. The van der Waals surface area contributed by atoms with E-state index in [0.717, 1.165) is 0 Å². The zero-order valence-electron chi connectivity index (χ0n) is 6.76. The van der Waals surface area contributed by atoms with Gasteiger partial charge in [-0.05, 0) is 20.8 Å². The van der Waals surface area contributed by atoms with Crippen molar-refractivity contribution in [3.63, 3.8) is 0 Å². The van der Waals surface area contributed by atoms with E-state index in [1.807, 2.05) is 19.1 Å².